The molecule has 0 aliphatic carbocycles. The Hall–Kier alpha value is -3.13. The third-order valence-electron chi connectivity index (χ3n) is 3.97. The van der Waals surface area contributed by atoms with E-state index >= 15 is 0 Å². The Morgan fingerprint density at radius 2 is 1.93 bits per heavy atom. The number of hydrogen-bond acceptors (Lipinski definition) is 7. The summed E-state index contributed by atoms with van der Waals surface area (Å²) < 4.78 is 15.4. The molecule has 0 bridgehead atoms. The lowest BCUT2D eigenvalue weighted by atomic mass is 10.1. The SMILES string of the molecule is CCOC(=O)Nc1ccc2c(COC(=O)c3cc(C)sc3C)cc(=O)oc2c1. The van der Waals surface area contributed by atoms with E-state index in [0.717, 1.165) is 9.75 Å². The number of hydrogen-bond donors (Lipinski definition) is 1. The maximum Gasteiger partial charge on any atom is 0.411 e. The maximum absolute atomic E-state index is 12.3. The molecule has 0 fully saturated rings. The highest BCUT2D eigenvalue weighted by molar-refractivity contribution is 7.12. The van der Waals surface area contributed by atoms with Crippen molar-refractivity contribution in [2.75, 3.05) is 11.9 Å². The van der Waals surface area contributed by atoms with E-state index in [1.54, 1.807) is 25.1 Å². The number of esters is 1. The molecule has 0 saturated heterocycles. The summed E-state index contributed by atoms with van der Waals surface area (Å²) in [6, 6.07) is 7.93. The first-order valence-electron chi connectivity index (χ1n) is 8.62. The van der Waals surface area contributed by atoms with E-state index < -0.39 is 17.7 Å². The molecule has 8 heteroatoms. The van der Waals surface area contributed by atoms with Crippen LogP contribution in [0, 0.1) is 13.8 Å². The van der Waals surface area contributed by atoms with Crippen LogP contribution in [-0.4, -0.2) is 18.7 Å². The third-order valence-corrected chi connectivity index (χ3v) is 4.94. The third kappa shape index (κ3) is 4.40. The highest BCUT2D eigenvalue weighted by Gasteiger charge is 2.15. The maximum atomic E-state index is 12.3. The lowest BCUT2D eigenvalue weighted by Crippen LogP contribution is -2.13. The van der Waals surface area contributed by atoms with Gasteiger partial charge in [-0.1, -0.05) is 0 Å². The predicted octanol–water partition coefficient (Wildman–Crippen LogP) is 4.40. The molecule has 1 N–H and O–H groups in total. The van der Waals surface area contributed by atoms with Crippen LogP contribution in [0.5, 0.6) is 0 Å². The Morgan fingerprint density at radius 3 is 2.61 bits per heavy atom. The standard InChI is InChI=1S/C20H19NO6S/c1-4-25-20(24)21-14-5-6-15-13(8-18(22)27-17(15)9-14)10-26-19(23)16-7-11(2)28-12(16)3/h5-9H,4,10H2,1-3H3,(H,21,24). The quantitative estimate of drug-likeness (QED) is 0.503. The molecule has 146 valence electrons. The van der Waals surface area contributed by atoms with E-state index in [9.17, 15) is 14.4 Å². The number of nitrogens with one attached hydrogen (secondary N) is 1. The first-order chi connectivity index (χ1) is 13.4. The van der Waals surface area contributed by atoms with Crippen molar-refractivity contribution in [1.82, 2.24) is 0 Å². The molecular weight excluding hydrogens is 382 g/mol. The van der Waals surface area contributed by atoms with Gasteiger partial charge in [0.15, 0.2) is 0 Å². The summed E-state index contributed by atoms with van der Waals surface area (Å²) in [5.74, 6) is -0.441. The van der Waals surface area contributed by atoms with Gasteiger partial charge >= 0.3 is 17.7 Å². The van der Waals surface area contributed by atoms with Crippen molar-refractivity contribution in [1.29, 1.82) is 0 Å². The number of fused-ring (bicyclic) bond motifs is 1. The minimum absolute atomic E-state index is 0.0695. The molecule has 0 radical (unpaired) electrons. The Kier molecular flexibility index (Phi) is 5.79. The molecule has 3 aromatic rings. The number of carbonyl (C=O) groups is 2. The minimum Gasteiger partial charge on any atom is -0.457 e. The molecule has 0 saturated carbocycles. The van der Waals surface area contributed by atoms with Crippen molar-refractivity contribution in [2.45, 2.75) is 27.4 Å². The van der Waals surface area contributed by atoms with Crippen LogP contribution < -0.4 is 10.9 Å². The molecule has 3 rings (SSSR count). The van der Waals surface area contributed by atoms with Gasteiger partial charge < -0.3 is 13.9 Å². The number of rotatable bonds is 5. The zero-order chi connectivity index (χ0) is 20.3. The first-order valence-corrected chi connectivity index (χ1v) is 9.43. The number of anilines is 1. The zero-order valence-corrected chi connectivity index (χ0v) is 16.5. The summed E-state index contributed by atoms with van der Waals surface area (Å²) in [5.41, 5.74) is 1.17. The van der Waals surface area contributed by atoms with Crippen molar-refractivity contribution in [3.05, 3.63) is 61.6 Å². The molecule has 1 aromatic carbocycles. The molecule has 0 aliphatic rings. The van der Waals surface area contributed by atoms with Gasteiger partial charge in [0, 0.05) is 38.5 Å². The van der Waals surface area contributed by atoms with E-state index in [2.05, 4.69) is 5.32 Å². The normalized spacial score (nSPS) is 10.7. The summed E-state index contributed by atoms with van der Waals surface area (Å²) in [6.07, 6.45) is -0.601. The van der Waals surface area contributed by atoms with Crippen molar-refractivity contribution in [2.24, 2.45) is 0 Å². The van der Waals surface area contributed by atoms with Crippen LogP contribution in [0.2, 0.25) is 0 Å². The van der Waals surface area contributed by atoms with Gasteiger partial charge in [0.1, 0.15) is 12.2 Å². The molecule has 7 nitrogen and oxygen atoms in total. The molecule has 0 aliphatic heterocycles. The summed E-state index contributed by atoms with van der Waals surface area (Å²) in [4.78, 5) is 37.7. The van der Waals surface area contributed by atoms with Gasteiger partial charge in [0.2, 0.25) is 0 Å². The largest absolute Gasteiger partial charge is 0.457 e. The zero-order valence-electron chi connectivity index (χ0n) is 15.7. The Morgan fingerprint density at radius 1 is 1.14 bits per heavy atom. The van der Waals surface area contributed by atoms with Crippen molar-refractivity contribution >= 4 is 40.1 Å². The van der Waals surface area contributed by atoms with Crippen LogP contribution in [0.4, 0.5) is 10.5 Å². The fourth-order valence-corrected chi connectivity index (χ4v) is 3.68. The monoisotopic (exact) mass is 401 g/mol. The second-order valence-corrected chi connectivity index (χ2v) is 7.51. The molecule has 1 amide bonds. The summed E-state index contributed by atoms with van der Waals surface area (Å²) in [6.45, 7) is 5.66. The van der Waals surface area contributed by atoms with Gasteiger partial charge in [0.25, 0.3) is 0 Å². The van der Waals surface area contributed by atoms with Crippen LogP contribution in [0.1, 0.15) is 32.6 Å². The highest BCUT2D eigenvalue weighted by atomic mass is 32.1. The number of carbonyl (C=O) groups excluding carboxylic acids is 2. The smallest absolute Gasteiger partial charge is 0.411 e. The van der Waals surface area contributed by atoms with E-state index in [1.165, 1.54) is 23.5 Å². The molecule has 0 atom stereocenters. The number of amides is 1. The summed E-state index contributed by atoms with van der Waals surface area (Å²) >= 11 is 1.52. The van der Waals surface area contributed by atoms with Crippen LogP contribution in [0.3, 0.4) is 0 Å². The van der Waals surface area contributed by atoms with Crippen molar-refractivity contribution in [3.63, 3.8) is 0 Å². The average molecular weight is 401 g/mol. The molecule has 0 spiro atoms. The average Bonchev–Trinajstić information content (AvgIpc) is 2.97. The molecule has 28 heavy (non-hydrogen) atoms. The Labute approximate surface area is 164 Å². The minimum atomic E-state index is -0.601. The fourth-order valence-electron chi connectivity index (χ4n) is 2.77. The lowest BCUT2D eigenvalue weighted by molar-refractivity contribution is 0.0473. The van der Waals surface area contributed by atoms with E-state index in [-0.39, 0.29) is 18.8 Å². The summed E-state index contributed by atoms with van der Waals surface area (Å²) in [7, 11) is 0. The number of aryl methyl sites for hydroxylation is 2. The molecule has 2 aromatic heterocycles. The molecular formula is C20H19NO6S. The van der Waals surface area contributed by atoms with Gasteiger partial charge in [-0.3, -0.25) is 5.32 Å². The van der Waals surface area contributed by atoms with Crippen molar-refractivity contribution < 1.29 is 23.5 Å². The number of benzene rings is 1. The predicted molar refractivity (Wildman–Crippen MR) is 106 cm³/mol. The van der Waals surface area contributed by atoms with Crippen LogP contribution in [0.15, 0.2) is 39.5 Å². The molecule has 0 unspecified atom stereocenters. The van der Waals surface area contributed by atoms with Crippen LogP contribution >= 0.6 is 11.3 Å². The first kappa shape index (κ1) is 19.6. The lowest BCUT2D eigenvalue weighted by Gasteiger charge is -2.09. The highest BCUT2D eigenvalue weighted by Crippen LogP contribution is 2.24. The van der Waals surface area contributed by atoms with E-state index in [0.29, 0.717) is 22.2 Å². The number of thiophene rings is 1. The van der Waals surface area contributed by atoms with Crippen LogP contribution in [-0.2, 0) is 16.1 Å². The van der Waals surface area contributed by atoms with Gasteiger partial charge in [-0.05, 0) is 39.0 Å². The van der Waals surface area contributed by atoms with Crippen LogP contribution in [0.25, 0.3) is 11.0 Å². The van der Waals surface area contributed by atoms with Gasteiger partial charge in [-0.2, -0.15) is 0 Å². The second kappa shape index (κ2) is 8.26. The fraction of sp³-hybridized carbons (Fsp3) is 0.250. The number of ether oxygens (including phenoxy) is 2. The Bertz CT molecular complexity index is 1100. The topological polar surface area (TPSA) is 94.8 Å². The van der Waals surface area contributed by atoms with Gasteiger partial charge in [-0.15, -0.1) is 11.3 Å². The van der Waals surface area contributed by atoms with Crippen molar-refractivity contribution in [3.8, 4) is 0 Å². The van der Waals surface area contributed by atoms with E-state index in [1.807, 2.05) is 13.8 Å². The van der Waals surface area contributed by atoms with E-state index in [4.69, 9.17) is 13.9 Å². The summed E-state index contributed by atoms with van der Waals surface area (Å²) in [5, 5.41) is 3.16. The van der Waals surface area contributed by atoms with Gasteiger partial charge in [-0.25, -0.2) is 14.4 Å². The molecule has 2 heterocycles. The Balaban J connectivity index is 1.83. The second-order valence-electron chi connectivity index (χ2n) is 6.05. The van der Waals surface area contributed by atoms with Gasteiger partial charge in [0.05, 0.1) is 12.2 Å².